The van der Waals surface area contributed by atoms with Crippen LogP contribution in [0.1, 0.15) is 88.5 Å². The van der Waals surface area contributed by atoms with Gasteiger partial charge in [0.2, 0.25) is 0 Å². The summed E-state index contributed by atoms with van der Waals surface area (Å²) in [7, 11) is 0. The Hall–Kier alpha value is -2.95. The molecule has 1 unspecified atom stereocenters. The molecular weight excluding hydrogens is 422 g/mol. The zero-order valence-electron chi connectivity index (χ0n) is 21.7. The Bertz CT molecular complexity index is 1050. The molecule has 1 aliphatic heterocycles. The molecule has 1 fully saturated rings. The minimum absolute atomic E-state index is 0.0323. The van der Waals surface area contributed by atoms with Gasteiger partial charge < -0.3 is 10.0 Å². The van der Waals surface area contributed by atoms with Crippen LogP contribution in [0.15, 0.2) is 42.1 Å². The van der Waals surface area contributed by atoms with Gasteiger partial charge in [-0.15, -0.1) is 0 Å². The molecule has 0 spiro atoms. The summed E-state index contributed by atoms with van der Waals surface area (Å²) >= 11 is 0. The van der Waals surface area contributed by atoms with Crippen molar-refractivity contribution in [1.29, 1.82) is 5.41 Å². The highest BCUT2D eigenvalue weighted by Gasteiger charge is 2.34. The van der Waals surface area contributed by atoms with Crippen molar-refractivity contribution in [2.45, 2.75) is 72.1 Å². The second-order valence-corrected chi connectivity index (χ2v) is 11.4. The summed E-state index contributed by atoms with van der Waals surface area (Å²) in [5.41, 5.74) is 3.33. The summed E-state index contributed by atoms with van der Waals surface area (Å²) in [6.07, 6.45) is 5.73. The van der Waals surface area contributed by atoms with Gasteiger partial charge in [0.05, 0.1) is 12.2 Å². The van der Waals surface area contributed by atoms with Crippen molar-refractivity contribution in [2.24, 2.45) is 5.92 Å². The number of amidine groups is 1. The summed E-state index contributed by atoms with van der Waals surface area (Å²) < 4.78 is 0. The number of benzene rings is 1. The van der Waals surface area contributed by atoms with E-state index in [-0.39, 0.29) is 34.8 Å². The standard InChI is InChI=1S/C29H39N3O2/c1-8-11-19-17-32(27(30)22(19)16-21-12-9-10-13-31-21)18-25(33)20-14-23(28(2,3)4)26(34)24(15-20)29(5,6)7/h9-10,12-16,19,30,34H,8,11,17-18H2,1-7H3. The van der Waals surface area contributed by atoms with Crippen LogP contribution in [0.3, 0.4) is 0 Å². The maximum Gasteiger partial charge on any atom is 0.182 e. The van der Waals surface area contributed by atoms with Gasteiger partial charge in [0, 0.05) is 40.9 Å². The van der Waals surface area contributed by atoms with Crippen LogP contribution in [0.5, 0.6) is 5.75 Å². The largest absolute Gasteiger partial charge is 0.507 e. The molecule has 0 saturated carbocycles. The quantitative estimate of drug-likeness (QED) is 0.491. The summed E-state index contributed by atoms with van der Waals surface area (Å²) in [5.74, 6) is 0.856. The number of nitrogens with zero attached hydrogens (tertiary/aromatic N) is 2. The lowest BCUT2D eigenvalue weighted by molar-refractivity contribution is 0.0963. The van der Waals surface area contributed by atoms with Crippen LogP contribution < -0.4 is 0 Å². The van der Waals surface area contributed by atoms with Crippen molar-refractivity contribution in [3.63, 3.8) is 0 Å². The Kier molecular flexibility index (Phi) is 7.35. The highest BCUT2D eigenvalue weighted by molar-refractivity contribution is 6.06. The van der Waals surface area contributed by atoms with Crippen LogP contribution in [0, 0.1) is 11.3 Å². The fourth-order valence-corrected chi connectivity index (χ4v) is 4.58. The molecule has 0 radical (unpaired) electrons. The molecule has 1 aliphatic rings. The van der Waals surface area contributed by atoms with Crippen LogP contribution in [-0.4, -0.2) is 39.7 Å². The van der Waals surface area contributed by atoms with E-state index in [0.29, 0.717) is 17.9 Å². The maximum absolute atomic E-state index is 13.5. The summed E-state index contributed by atoms with van der Waals surface area (Å²) in [6, 6.07) is 9.43. The number of aromatic hydroxyl groups is 1. The van der Waals surface area contributed by atoms with Gasteiger partial charge in [0.15, 0.2) is 5.78 Å². The smallest absolute Gasteiger partial charge is 0.182 e. The van der Waals surface area contributed by atoms with Gasteiger partial charge in [-0.1, -0.05) is 61.0 Å². The minimum atomic E-state index is -0.300. The predicted molar refractivity (Wildman–Crippen MR) is 140 cm³/mol. The van der Waals surface area contributed by atoms with E-state index < -0.39 is 0 Å². The summed E-state index contributed by atoms with van der Waals surface area (Å²) in [6.45, 7) is 15.2. The van der Waals surface area contributed by atoms with Crippen molar-refractivity contribution in [3.8, 4) is 5.75 Å². The third kappa shape index (κ3) is 5.57. The molecule has 1 aromatic heterocycles. The van der Waals surface area contributed by atoms with Crippen LogP contribution in [0.4, 0.5) is 0 Å². The average Bonchev–Trinajstić information content (AvgIpc) is 3.02. The number of phenols is 1. The zero-order valence-corrected chi connectivity index (χ0v) is 21.7. The topological polar surface area (TPSA) is 77.3 Å². The van der Waals surface area contributed by atoms with Gasteiger partial charge in [-0.25, -0.2) is 0 Å². The number of hydrogen-bond donors (Lipinski definition) is 2. The van der Waals surface area contributed by atoms with Crippen LogP contribution in [0.25, 0.3) is 6.08 Å². The molecule has 0 amide bonds. The van der Waals surface area contributed by atoms with E-state index in [9.17, 15) is 9.90 Å². The third-order valence-electron chi connectivity index (χ3n) is 6.48. The fraction of sp³-hybridized carbons (Fsp3) is 0.483. The van der Waals surface area contributed by atoms with Crippen LogP contribution in [-0.2, 0) is 10.8 Å². The summed E-state index contributed by atoms with van der Waals surface area (Å²) in [5, 5.41) is 19.8. The molecule has 5 nitrogen and oxygen atoms in total. The Morgan fingerprint density at radius 2 is 1.76 bits per heavy atom. The molecule has 2 N–H and O–H groups in total. The molecule has 0 aliphatic carbocycles. The monoisotopic (exact) mass is 461 g/mol. The lowest BCUT2D eigenvalue weighted by atomic mass is 9.78. The number of nitrogens with one attached hydrogen (secondary N) is 1. The number of ketones is 1. The highest BCUT2D eigenvalue weighted by Crippen LogP contribution is 2.40. The van der Waals surface area contributed by atoms with Gasteiger partial charge in [-0.05, 0) is 47.6 Å². The first kappa shape index (κ1) is 25.7. The number of Topliss-reactive ketones (excluding diaryl/α,β-unsaturated/α-hetero) is 1. The van der Waals surface area contributed by atoms with Crippen molar-refractivity contribution in [3.05, 3.63) is 64.5 Å². The summed E-state index contributed by atoms with van der Waals surface area (Å²) in [4.78, 5) is 19.8. The number of pyridine rings is 1. The molecular formula is C29H39N3O2. The zero-order chi connectivity index (χ0) is 25.3. The third-order valence-corrected chi connectivity index (χ3v) is 6.48. The molecule has 1 atom stereocenters. The number of hydrogen-bond acceptors (Lipinski definition) is 4. The number of rotatable bonds is 6. The lowest BCUT2D eigenvalue weighted by Crippen LogP contribution is -2.31. The predicted octanol–water partition coefficient (Wildman–Crippen LogP) is 6.36. The molecule has 0 bridgehead atoms. The van der Waals surface area contributed by atoms with E-state index in [4.69, 9.17) is 5.41 Å². The molecule has 2 aromatic rings. The molecule has 34 heavy (non-hydrogen) atoms. The van der Waals surface area contributed by atoms with E-state index in [2.05, 4.69) is 11.9 Å². The van der Waals surface area contributed by atoms with Crippen LogP contribution in [0.2, 0.25) is 0 Å². The van der Waals surface area contributed by atoms with Gasteiger partial charge in [0.1, 0.15) is 11.6 Å². The Labute approximate surface area is 204 Å². The fourth-order valence-electron chi connectivity index (χ4n) is 4.58. The van der Waals surface area contributed by atoms with Gasteiger partial charge in [-0.3, -0.25) is 15.2 Å². The molecule has 1 aromatic carbocycles. The SMILES string of the molecule is CCCC1CN(CC(=O)c2cc(C(C)(C)C)c(O)c(C(C)(C)C)c2)C(=N)C1=Cc1ccccn1. The van der Waals surface area contributed by atoms with Crippen molar-refractivity contribution < 1.29 is 9.90 Å². The maximum atomic E-state index is 13.5. The Balaban J connectivity index is 1.93. The van der Waals surface area contributed by atoms with E-state index in [1.165, 1.54) is 0 Å². The van der Waals surface area contributed by atoms with Gasteiger partial charge in [0.25, 0.3) is 0 Å². The highest BCUT2D eigenvalue weighted by atomic mass is 16.3. The Morgan fingerprint density at radius 3 is 2.26 bits per heavy atom. The van der Waals surface area contributed by atoms with E-state index in [1.807, 2.05) is 82.9 Å². The molecule has 5 heteroatoms. The number of aromatic nitrogens is 1. The second kappa shape index (κ2) is 9.73. The van der Waals surface area contributed by atoms with Gasteiger partial charge in [-0.2, -0.15) is 0 Å². The Morgan fingerprint density at radius 1 is 1.15 bits per heavy atom. The molecule has 3 rings (SSSR count). The number of likely N-dealkylation sites (tertiary alicyclic amines) is 1. The number of phenolic OH excluding ortho intramolecular Hbond substituents is 1. The van der Waals surface area contributed by atoms with Crippen LogP contribution >= 0.6 is 0 Å². The van der Waals surface area contributed by atoms with Crippen molar-refractivity contribution in [1.82, 2.24) is 9.88 Å². The first-order chi connectivity index (χ1) is 15.8. The van der Waals surface area contributed by atoms with E-state index in [1.54, 1.807) is 6.20 Å². The first-order valence-corrected chi connectivity index (χ1v) is 12.2. The van der Waals surface area contributed by atoms with E-state index in [0.717, 1.165) is 35.2 Å². The number of carbonyl (C=O) groups is 1. The van der Waals surface area contributed by atoms with E-state index >= 15 is 0 Å². The van der Waals surface area contributed by atoms with Gasteiger partial charge >= 0.3 is 0 Å². The van der Waals surface area contributed by atoms with Crippen molar-refractivity contribution >= 4 is 17.7 Å². The second-order valence-electron chi connectivity index (χ2n) is 11.4. The normalized spacial score (nSPS) is 18.1. The molecule has 1 saturated heterocycles. The van der Waals surface area contributed by atoms with Crippen molar-refractivity contribution in [2.75, 3.05) is 13.1 Å². The minimum Gasteiger partial charge on any atom is -0.507 e. The lowest BCUT2D eigenvalue weighted by Gasteiger charge is -2.28. The molecule has 2 heterocycles. The first-order valence-electron chi connectivity index (χ1n) is 12.2. The average molecular weight is 462 g/mol. The number of carbonyl (C=O) groups excluding carboxylic acids is 1. The molecule has 182 valence electrons.